The summed E-state index contributed by atoms with van der Waals surface area (Å²) in [7, 11) is 1.18. The van der Waals surface area contributed by atoms with Crippen molar-refractivity contribution in [2.45, 2.75) is 37.8 Å². The molecule has 1 aliphatic rings. The van der Waals surface area contributed by atoms with Gasteiger partial charge in [-0.05, 0) is 36.4 Å². The van der Waals surface area contributed by atoms with Crippen LogP contribution < -0.4 is 0 Å². The van der Waals surface area contributed by atoms with E-state index in [1.807, 2.05) is 0 Å². The lowest BCUT2D eigenvalue weighted by molar-refractivity contribution is -0.148. The molecule has 0 amide bonds. The molecule has 0 saturated heterocycles. The predicted octanol–water partition coefficient (Wildman–Crippen LogP) is -0.00170. The fourth-order valence-electron chi connectivity index (χ4n) is 3.87. The number of hydrogen-bond donors (Lipinski definition) is 6. The second-order valence-corrected chi connectivity index (χ2v) is 7.24. The van der Waals surface area contributed by atoms with Gasteiger partial charge in [0, 0.05) is 19.1 Å². The maximum absolute atomic E-state index is 12.8. The van der Waals surface area contributed by atoms with Crippen LogP contribution in [0, 0.1) is 5.92 Å². The van der Waals surface area contributed by atoms with Crippen molar-refractivity contribution in [2.75, 3.05) is 7.11 Å². The summed E-state index contributed by atoms with van der Waals surface area (Å²) in [4.78, 5) is 25.3. The Labute approximate surface area is 165 Å². The van der Waals surface area contributed by atoms with Crippen LogP contribution in [0.4, 0.5) is 0 Å². The van der Waals surface area contributed by atoms with Gasteiger partial charge in [-0.15, -0.1) is 0 Å². The van der Waals surface area contributed by atoms with Gasteiger partial charge in [-0.3, -0.25) is 9.59 Å². The summed E-state index contributed by atoms with van der Waals surface area (Å²) < 4.78 is 5.14. The minimum Gasteiger partial charge on any atom is -0.508 e. The summed E-state index contributed by atoms with van der Waals surface area (Å²) in [6.07, 6.45) is -6.31. The third-order valence-electron chi connectivity index (χ3n) is 5.31. The van der Waals surface area contributed by atoms with Gasteiger partial charge in [0.2, 0.25) is 0 Å². The van der Waals surface area contributed by atoms with Crippen molar-refractivity contribution in [1.82, 2.24) is 0 Å². The first kappa shape index (κ1) is 21.0. The minimum atomic E-state index is -1.76. The molecule has 0 aliphatic heterocycles. The molecule has 0 aromatic heterocycles. The fraction of sp³-hybridized carbons (Fsp3) is 0.400. The summed E-state index contributed by atoms with van der Waals surface area (Å²) in [6, 6.07) is 3.76. The number of carbonyl (C=O) groups is 2. The Morgan fingerprint density at radius 3 is 2.41 bits per heavy atom. The highest BCUT2D eigenvalue weighted by molar-refractivity contribution is 6.11. The summed E-state index contributed by atoms with van der Waals surface area (Å²) in [5, 5.41) is 60.4. The molecule has 2 aromatic rings. The number of phenolic OH excluding ortho intramolecular Hbond substituents is 3. The molecule has 0 unspecified atom stereocenters. The van der Waals surface area contributed by atoms with Crippen molar-refractivity contribution in [3.63, 3.8) is 0 Å². The zero-order chi connectivity index (χ0) is 21.6. The van der Waals surface area contributed by atoms with E-state index in [-0.39, 0.29) is 34.1 Å². The van der Waals surface area contributed by atoms with E-state index in [1.165, 1.54) is 26.2 Å². The van der Waals surface area contributed by atoms with E-state index in [4.69, 9.17) is 4.74 Å². The summed E-state index contributed by atoms with van der Waals surface area (Å²) in [6.45, 7) is 1.22. The van der Waals surface area contributed by atoms with Crippen molar-refractivity contribution in [3.8, 4) is 17.2 Å². The van der Waals surface area contributed by atoms with Gasteiger partial charge in [-0.1, -0.05) is 0 Å². The standard InChI is InChI=1S/C20H22O9/c1-7(21)15(24)19(28)20(29-2)11-5-9-3-8-4-10(22)6-12(23)13(8)17(26)14(9)18(27)16(11)25/h3-4,6-7,11,15-16,20-26H,5H2,1-2H3/t7-,11+,15-,16+,20+/m1/s1. The Morgan fingerprint density at radius 2 is 1.83 bits per heavy atom. The van der Waals surface area contributed by atoms with E-state index in [9.17, 15) is 40.2 Å². The number of fused-ring (bicyclic) bond motifs is 2. The van der Waals surface area contributed by atoms with E-state index in [0.717, 1.165) is 6.07 Å². The third-order valence-corrected chi connectivity index (χ3v) is 5.31. The maximum Gasteiger partial charge on any atom is 0.195 e. The Bertz CT molecular complexity index is 982. The number of phenols is 3. The van der Waals surface area contributed by atoms with Gasteiger partial charge in [-0.25, -0.2) is 0 Å². The molecule has 1 aliphatic carbocycles. The Balaban J connectivity index is 2.11. The van der Waals surface area contributed by atoms with Crippen LogP contribution in [0.2, 0.25) is 0 Å². The number of ether oxygens (including phenoxy) is 1. The first-order chi connectivity index (χ1) is 13.6. The fourth-order valence-corrected chi connectivity index (χ4v) is 3.87. The molecule has 2 aromatic carbocycles. The highest BCUT2D eigenvalue weighted by Gasteiger charge is 2.45. The van der Waals surface area contributed by atoms with Crippen molar-refractivity contribution in [2.24, 2.45) is 5.92 Å². The molecule has 0 fully saturated rings. The average molecular weight is 406 g/mol. The number of carbonyl (C=O) groups excluding carboxylic acids is 2. The topological polar surface area (TPSA) is 165 Å². The molecule has 3 rings (SSSR count). The van der Waals surface area contributed by atoms with Crippen molar-refractivity contribution in [1.29, 1.82) is 0 Å². The normalized spacial score (nSPS) is 22.2. The lowest BCUT2D eigenvalue weighted by Crippen LogP contribution is -2.50. The number of hydrogen-bond acceptors (Lipinski definition) is 9. The summed E-state index contributed by atoms with van der Waals surface area (Å²) in [5.74, 6) is -4.06. The third kappa shape index (κ3) is 3.42. The molecule has 5 atom stereocenters. The lowest BCUT2D eigenvalue weighted by atomic mass is 9.75. The van der Waals surface area contributed by atoms with Gasteiger partial charge >= 0.3 is 0 Å². The van der Waals surface area contributed by atoms with Gasteiger partial charge in [0.15, 0.2) is 11.6 Å². The molecule has 0 bridgehead atoms. The van der Waals surface area contributed by atoms with Crippen LogP contribution in [-0.2, 0) is 16.0 Å². The minimum absolute atomic E-state index is 0.0514. The number of aromatic hydroxyl groups is 3. The number of rotatable bonds is 5. The number of Topliss-reactive ketones (excluding diaryl/α,β-unsaturated/α-hetero) is 2. The number of aliphatic hydroxyl groups is 3. The highest BCUT2D eigenvalue weighted by Crippen LogP contribution is 2.43. The van der Waals surface area contributed by atoms with Crippen LogP contribution in [0.5, 0.6) is 17.2 Å². The van der Waals surface area contributed by atoms with Crippen molar-refractivity contribution < 1.29 is 45.0 Å². The molecule has 6 N–H and O–H groups in total. The average Bonchev–Trinajstić information content (AvgIpc) is 2.64. The van der Waals surface area contributed by atoms with Crippen LogP contribution >= 0.6 is 0 Å². The molecule has 0 spiro atoms. The Kier molecular flexibility index (Phi) is 5.50. The molecular formula is C20H22O9. The quantitative estimate of drug-likeness (QED) is 0.401. The van der Waals surface area contributed by atoms with E-state index in [2.05, 4.69) is 0 Å². The second kappa shape index (κ2) is 7.60. The molecule has 156 valence electrons. The molecule has 0 heterocycles. The summed E-state index contributed by atoms with van der Waals surface area (Å²) in [5.41, 5.74) is 0.0855. The number of ketones is 2. The zero-order valence-electron chi connectivity index (χ0n) is 15.7. The number of benzene rings is 2. The van der Waals surface area contributed by atoms with E-state index < -0.39 is 53.4 Å². The van der Waals surface area contributed by atoms with E-state index >= 15 is 0 Å². The van der Waals surface area contributed by atoms with Crippen LogP contribution in [0.3, 0.4) is 0 Å². The molecule has 0 saturated carbocycles. The van der Waals surface area contributed by atoms with Gasteiger partial charge in [0.05, 0.1) is 17.1 Å². The van der Waals surface area contributed by atoms with E-state index in [1.54, 1.807) is 0 Å². The predicted molar refractivity (Wildman–Crippen MR) is 100.0 cm³/mol. The van der Waals surface area contributed by atoms with Crippen LogP contribution in [-0.4, -0.2) is 73.7 Å². The monoisotopic (exact) mass is 406 g/mol. The van der Waals surface area contributed by atoms with Gasteiger partial charge in [0.1, 0.15) is 35.6 Å². The molecule has 29 heavy (non-hydrogen) atoms. The van der Waals surface area contributed by atoms with Crippen LogP contribution in [0.1, 0.15) is 22.8 Å². The summed E-state index contributed by atoms with van der Waals surface area (Å²) >= 11 is 0. The first-order valence-electron chi connectivity index (χ1n) is 8.93. The molecule has 9 heteroatoms. The lowest BCUT2D eigenvalue weighted by Gasteiger charge is -2.34. The number of aliphatic hydroxyl groups excluding tert-OH is 3. The van der Waals surface area contributed by atoms with Crippen LogP contribution in [0.15, 0.2) is 18.2 Å². The molecular weight excluding hydrogens is 384 g/mol. The largest absolute Gasteiger partial charge is 0.508 e. The smallest absolute Gasteiger partial charge is 0.195 e. The van der Waals surface area contributed by atoms with Gasteiger partial charge in [-0.2, -0.15) is 0 Å². The Morgan fingerprint density at radius 1 is 1.17 bits per heavy atom. The van der Waals surface area contributed by atoms with Crippen molar-refractivity contribution >= 4 is 22.3 Å². The van der Waals surface area contributed by atoms with Crippen LogP contribution in [0.25, 0.3) is 10.8 Å². The second-order valence-electron chi connectivity index (χ2n) is 7.24. The highest BCUT2D eigenvalue weighted by atomic mass is 16.5. The number of methoxy groups -OCH3 is 1. The zero-order valence-corrected chi connectivity index (χ0v) is 15.7. The van der Waals surface area contributed by atoms with Gasteiger partial charge in [0.25, 0.3) is 0 Å². The van der Waals surface area contributed by atoms with Gasteiger partial charge < -0.3 is 35.4 Å². The van der Waals surface area contributed by atoms with E-state index in [0.29, 0.717) is 0 Å². The molecule has 9 nitrogen and oxygen atoms in total. The first-order valence-corrected chi connectivity index (χ1v) is 8.93. The molecule has 0 radical (unpaired) electrons. The van der Waals surface area contributed by atoms with Crippen molar-refractivity contribution in [3.05, 3.63) is 29.3 Å². The maximum atomic E-state index is 12.8. The SMILES string of the molecule is CO[C@H](C(=O)[C@H](O)[C@@H](C)O)[C@H]1Cc2cc3cc(O)cc(O)c3c(O)c2C(=O)[C@H]1O. The Hall–Kier alpha value is -2.72.